The lowest BCUT2D eigenvalue weighted by atomic mass is 10.3. The van der Waals surface area contributed by atoms with Gasteiger partial charge in [0.25, 0.3) is 0 Å². The third kappa shape index (κ3) is 0.939. The number of anilines is 1. The fraction of sp³-hybridized carbons (Fsp3) is 0. The van der Waals surface area contributed by atoms with E-state index in [1.807, 2.05) is 41.1 Å². The smallest absolute Gasteiger partial charge is 0.228 e. The SMILES string of the molecule is C1=Cn2c(nc3ccccc32)NN=C1. The summed E-state index contributed by atoms with van der Waals surface area (Å²) in [5.74, 6) is 0.746. The topological polar surface area (TPSA) is 42.2 Å². The van der Waals surface area contributed by atoms with E-state index in [0.717, 1.165) is 17.0 Å². The second-order valence-corrected chi connectivity index (χ2v) is 3.03. The lowest BCUT2D eigenvalue weighted by molar-refractivity contribution is 1.13. The van der Waals surface area contributed by atoms with Crippen LogP contribution in [0.15, 0.2) is 35.4 Å². The van der Waals surface area contributed by atoms with E-state index in [0.29, 0.717) is 0 Å². The van der Waals surface area contributed by atoms with Crippen molar-refractivity contribution in [2.24, 2.45) is 5.10 Å². The van der Waals surface area contributed by atoms with Crippen molar-refractivity contribution in [1.82, 2.24) is 9.55 Å². The Kier molecular flexibility index (Phi) is 1.41. The zero-order valence-corrected chi connectivity index (χ0v) is 7.38. The van der Waals surface area contributed by atoms with Crippen LogP contribution in [-0.2, 0) is 0 Å². The predicted molar refractivity (Wildman–Crippen MR) is 57.2 cm³/mol. The Morgan fingerprint density at radius 1 is 1.21 bits per heavy atom. The molecule has 1 aliphatic heterocycles. The average molecular weight is 184 g/mol. The molecular formula is C10H8N4. The number of nitrogens with one attached hydrogen (secondary N) is 1. The molecule has 14 heavy (non-hydrogen) atoms. The maximum Gasteiger partial charge on any atom is 0.228 e. The van der Waals surface area contributed by atoms with Gasteiger partial charge in [0.15, 0.2) is 0 Å². The van der Waals surface area contributed by atoms with Gasteiger partial charge in [-0.25, -0.2) is 10.4 Å². The van der Waals surface area contributed by atoms with E-state index in [1.54, 1.807) is 6.21 Å². The van der Waals surface area contributed by atoms with Crippen molar-refractivity contribution in [3.63, 3.8) is 0 Å². The molecular weight excluding hydrogens is 176 g/mol. The van der Waals surface area contributed by atoms with Gasteiger partial charge in [0.1, 0.15) is 0 Å². The fourth-order valence-corrected chi connectivity index (χ4v) is 1.54. The summed E-state index contributed by atoms with van der Waals surface area (Å²) in [4.78, 5) is 4.40. The minimum absolute atomic E-state index is 0.746. The van der Waals surface area contributed by atoms with E-state index in [4.69, 9.17) is 0 Å². The molecule has 1 aliphatic rings. The van der Waals surface area contributed by atoms with Crippen LogP contribution in [0.5, 0.6) is 0 Å². The Hall–Kier alpha value is -2.10. The summed E-state index contributed by atoms with van der Waals surface area (Å²) >= 11 is 0. The first-order valence-corrected chi connectivity index (χ1v) is 4.38. The first-order valence-electron chi connectivity index (χ1n) is 4.38. The number of hydrogen-bond acceptors (Lipinski definition) is 3. The molecule has 4 nitrogen and oxygen atoms in total. The van der Waals surface area contributed by atoms with Gasteiger partial charge in [-0.05, 0) is 18.2 Å². The summed E-state index contributed by atoms with van der Waals surface area (Å²) < 4.78 is 1.97. The Balaban J connectivity index is 2.37. The molecule has 3 rings (SSSR count). The molecule has 2 aromatic rings. The van der Waals surface area contributed by atoms with Gasteiger partial charge in [0.2, 0.25) is 5.95 Å². The van der Waals surface area contributed by atoms with Crippen LogP contribution in [0, 0.1) is 0 Å². The van der Waals surface area contributed by atoms with Crippen molar-refractivity contribution in [2.75, 3.05) is 5.43 Å². The van der Waals surface area contributed by atoms with Crippen molar-refractivity contribution >= 4 is 29.4 Å². The normalized spacial score (nSPS) is 13.7. The second kappa shape index (κ2) is 2.70. The van der Waals surface area contributed by atoms with Crippen LogP contribution in [-0.4, -0.2) is 15.8 Å². The van der Waals surface area contributed by atoms with Crippen molar-refractivity contribution in [1.29, 1.82) is 0 Å². The summed E-state index contributed by atoms with van der Waals surface area (Å²) in [6, 6.07) is 7.98. The first kappa shape index (κ1) is 7.32. The minimum Gasteiger partial charge on any atom is -0.284 e. The van der Waals surface area contributed by atoms with Gasteiger partial charge in [-0.15, -0.1) is 0 Å². The summed E-state index contributed by atoms with van der Waals surface area (Å²) in [5.41, 5.74) is 4.92. The molecule has 0 radical (unpaired) electrons. The summed E-state index contributed by atoms with van der Waals surface area (Å²) in [6.07, 6.45) is 5.51. The molecule has 0 atom stereocenters. The molecule has 0 amide bonds. The molecule has 0 saturated carbocycles. The molecule has 0 saturated heterocycles. The Labute approximate surface area is 80.6 Å². The highest BCUT2D eigenvalue weighted by Crippen LogP contribution is 2.20. The summed E-state index contributed by atoms with van der Waals surface area (Å²) in [6.45, 7) is 0. The number of allylic oxidation sites excluding steroid dienone is 1. The number of benzene rings is 1. The van der Waals surface area contributed by atoms with Gasteiger partial charge in [-0.1, -0.05) is 12.1 Å². The number of fused-ring (bicyclic) bond motifs is 3. The van der Waals surface area contributed by atoms with Gasteiger partial charge < -0.3 is 0 Å². The predicted octanol–water partition coefficient (Wildman–Crippen LogP) is 1.92. The number of nitrogens with zero attached hydrogens (tertiary/aromatic N) is 3. The Morgan fingerprint density at radius 2 is 2.14 bits per heavy atom. The highest BCUT2D eigenvalue weighted by atomic mass is 15.4. The summed E-state index contributed by atoms with van der Waals surface area (Å²) in [7, 11) is 0. The van der Waals surface area contributed by atoms with Crippen LogP contribution in [0.4, 0.5) is 5.95 Å². The molecule has 0 fully saturated rings. The van der Waals surface area contributed by atoms with E-state index in [1.165, 1.54) is 0 Å². The Morgan fingerprint density at radius 3 is 3.14 bits per heavy atom. The second-order valence-electron chi connectivity index (χ2n) is 3.03. The minimum atomic E-state index is 0.746. The molecule has 0 aliphatic carbocycles. The standard InChI is InChI=1S/C10H8N4/c1-2-5-9-8(4-1)12-10-13-11-6-3-7-14(9)10/h1-7H,(H,12,13). The van der Waals surface area contributed by atoms with E-state index < -0.39 is 0 Å². The van der Waals surface area contributed by atoms with Gasteiger partial charge in [-0.3, -0.25) is 4.57 Å². The van der Waals surface area contributed by atoms with Crippen LogP contribution in [0.25, 0.3) is 17.2 Å². The van der Waals surface area contributed by atoms with Crippen LogP contribution in [0.3, 0.4) is 0 Å². The molecule has 2 heterocycles. The van der Waals surface area contributed by atoms with Crippen molar-refractivity contribution < 1.29 is 0 Å². The van der Waals surface area contributed by atoms with Crippen LogP contribution >= 0.6 is 0 Å². The van der Waals surface area contributed by atoms with Gasteiger partial charge in [-0.2, -0.15) is 5.10 Å². The van der Waals surface area contributed by atoms with Crippen molar-refractivity contribution in [3.8, 4) is 0 Å². The van der Waals surface area contributed by atoms with E-state index in [2.05, 4.69) is 15.5 Å². The molecule has 4 heteroatoms. The molecule has 0 unspecified atom stereocenters. The first-order chi connectivity index (χ1) is 6.95. The maximum absolute atomic E-state index is 4.40. The maximum atomic E-state index is 4.40. The molecule has 0 bridgehead atoms. The van der Waals surface area contributed by atoms with Crippen LogP contribution in [0.1, 0.15) is 0 Å². The fourth-order valence-electron chi connectivity index (χ4n) is 1.54. The quantitative estimate of drug-likeness (QED) is 0.679. The van der Waals surface area contributed by atoms with Crippen LogP contribution < -0.4 is 5.43 Å². The monoisotopic (exact) mass is 184 g/mol. The van der Waals surface area contributed by atoms with E-state index in [9.17, 15) is 0 Å². The highest BCUT2D eigenvalue weighted by molar-refractivity contribution is 5.85. The third-order valence-electron chi connectivity index (χ3n) is 2.16. The van der Waals surface area contributed by atoms with Gasteiger partial charge in [0.05, 0.1) is 11.0 Å². The molecule has 1 aromatic carbocycles. The van der Waals surface area contributed by atoms with Crippen molar-refractivity contribution in [2.45, 2.75) is 0 Å². The van der Waals surface area contributed by atoms with Gasteiger partial charge >= 0.3 is 0 Å². The lowest BCUT2D eigenvalue weighted by Crippen LogP contribution is -1.94. The summed E-state index contributed by atoms with van der Waals surface area (Å²) in [5, 5.41) is 3.96. The molecule has 1 N–H and O–H groups in total. The number of rotatable bonds is 0. The number of aromatic nitrogens is 2. The number of hydrogen-bond donors (Lipinski definition) is 1. The Bertz CT molecular complexity index is 536. The van der Waals surface area contributed by atoms with E-state index >= 15 is 0 Å². The lowest BCUT2D eigenvalue weighted by Gasteiger charge is -1.98. The molecule has 0 spiro atoms. The molecule has 1 aromatic heterocycles. The zero-order valence-electron chi connectivity index (χ0n) is 7.38. The average Bonchev–Trinajstić information content (AvgIpc) is 2.42. The largest absolute Gasteiger partial charge is 0.284 e. The van der Waals surface area contributed by atoms with Crippen molar-refractivity contribution in [3.05, 3.63) is 30.3 Å². The number of hydrazone groups is 1. The van der Waals surface area contributed by atoms with Gasteiger partial charge in [0, 0.05) is 12.4 Å². The number of para-hydroxylation sites is 2. The van der Waals surface area contributed by atoms with Crippen LogP contribution in [0.2, 0.25) is 0 Å². The third-order valence-corrected chi connectivity index (χ3v) is 2.16. The molecule has 68 valence electrons. The zero-order chi connectivity index (χ0) is 9.38. The van der Waals surface area contributed by atoms with E-state index in [-0.39, 0.29) is 0 Å². The number of imidazole rings is 1. The highest BCUT2D eigenvalue weighted by Gasteiger charge is 2.07.